The first-order valence-corrected chi connectivity index (χ1v) is 9.85. The molecule has 7 heteroatoms. The zero-order chi connectivity index (χ0) is 19.4. The van der Waals surface area contributed by atoms with Crippen LogP contribution in [0.25, 0.3) is 0 Å². The fourth-order valence-corrected chi connectivity index (χ4v) is 4.08. The van der Waals surface area contributed by atoms with Crippen molar-refractivity contribution >= 4 is 35.7 Å². The quantitative estimate of drug-likeness (QED) is 0.601. The van der Waals surface area contributed by atoms with E-state index < -0.39 is 0 Å². The van der Waals surface area contributed by atoms with E-state index in [1.807, 2.05) is 54.6 Å². The molecule has 1 aliphatic heterocycles. The van der Waals surface area contributed by atoms with Crippen molar-refractivity contribution in [3.8, 4) is 0 Å². The van der Waals surface area contributed by atoms with Gasteiger partial charge in [0.05, 0.1) is 0 Å². The average Bonchev–Trinajstić information content (AvgIpc) is 3.40. The van der Waals surface area contributed by atoms with Crippen molar-refractivity contribution in [3.63, 3.8) is 0 Å². The van der Waals surface area contributed by atoms with Gasteiger partial charge in [0.1, 0.15) is 0 Å². The number of urea groups is 1. The van der Waals surface area contributed by atoms with Gasteiger partial charge in [0, 0.05) is 23.8 Å². The lowest BCUT2D eigenvalue weighted by Crippen LogP contribution is -2.33. The number of halogens is 1. The summed E-state index contributed by atoms with van der Waals surface area (Å²) in [5, 5.41) is 12.1. The molecule has 2 fully saturated rings. The minimum absolute atomic E-state index is 0. The van der Waals surface area contributed by atoms with Gasteiger partial charge in [-0.3, -0.25) is 4.79 Å². The van der Waals surface area contributed by atoms with Crippen LogP contribution in [-0.4, -0.2) is 25.0 Å². The molecule has 1 atom stereocenters. The molecule has 3 amide bonds. The number of para-hydroxylation sites is 1. The Morgan fingerprint density at radius 3 is 2.41 bits per heavy atom. The standard InChI is InChI=1S/C22H26N4O2.ClH/c27-20(19-14-22(19)9-11-23-12-10-22)24-15-16-5-4-8-18(13-16)26-21(28)25-17-6-2-1-3-7-17;/h1-8,13,19,23H,9-12,14-15H2,(H,24,27)(H2,25,26,28);1H. The van der Waals surface area contributed by atoms with Crippen LogP contribution in [0.2, 0.25) is 0 Å². The summed E-state index contributed by atoms with van der Waals surface area (Å²) < 4.78 is 0. The molecule has 1 saturated heterocycles. The number of rotatable bonds is 5. The molecule has 29 heavy (non-hydrogen) atoms. The number of amides is 3. The molecule has 1 heterocycles. The number of hydrogen-bond acceptors (Lipinski definition) is 3. The van der Waals surface area contributed by atoms with E-state index in [4.69, 9.17) is 0 Å². The number of piperidine rings is 1. The van der Waals surface area contributed by atoms with Crippen LogP contribution < -0.4 is 21.3 Å². The van der Waals surface area contributed by atoms with E-state index in [-0.39, 0.29) is 35.7 Å². The van der Waals surface area contributed by atoms with Gasteiger partial charge in [-0.2, -0.15) is 0 Å². The fourth-order valence-electron chi connectivity index (χ4n) is 4.08. The Labute approximate surface area is 177 Å². The fraction of sp³-hybridized carbons (Fsp3) is 0.364. The van der Waals surface area contributed by atoms with Crippen molar-refractivity contribution in [3.05, 3.63) is 60.2 Å². The summed E-state index contributed by atoms with van der Waals surface area (Å²) in [5.41, 5.74) is 2.64. The van der Waals surface area contributed by atoms with E-state index >= 15 is 0 Å². The first-order chi connectivity index (χ1) is 13.6. The molecule has 1 unspecified atom stereocenters. The second-order valence-electron chi connectivity index (χ2n) is 7.73. The number of hydrogen-bond donors (Lipinski definition) is 4. The van der Waals surface area contributed by atoms with E-state index in [0.29, 0.717) is 12.2 Å². The molecule has 154 valence electrons. The van der Waals surface area contributed by atoms with Gasteiger partial charge in [-0.05, 0) is 67.6 Å². The van der Waals surface area contributed by atoms with Gasteiger partial charge in [0.2, 0.25) is 5.91 Å². The van der Waals surface area contributed by atoms with E-state index in [2.05, 4.69) is 21.3 Å². The third-order valence-corrected chi connectivity index (χ3v) is 5.79. The maximum atomic E-state index is 12.5. The highest BCUT2D eigenvalue weighted by Gasteiger charge is 2.57. The maximum Gasteiger partial charge on any atom is 0.323 e. The van der Waals surface area contributed by atoms with Gasteiger partial charge in [-0.25, -0.2) is 4.79 Å². The zero-order valence-electron chi connectivity index (χ0n) is 16.2. The van der Waals surface area contributed by atoms with E-state index in [1.54, 1.807) is 0 Å². The molecule has 1 spiro atoms. The molecule has 1 aliphatic carbocycles. The SMILES string of the molecule is Cl.O=C(Nc1ccccc1)Nc1cccc(CNC(=O)C2CC23CCNCC3)c1. The normalized spacial score (nSPS) is 19.0. The van der Waals surface area contributed by atoms with Crippen LogP contribution in [0.5, 0.6) is 0 Å². The largest absolute Gasteiger partial charge is 0.352 e. The average molecular weight is 415 g/mol. The minimum Gasteiger partial charge on any atom is -0.352 e. The number of anilines is 2. The van der Waals surface area contributed by atoms with Gasteiger partial charge in [-0.1, -0.05) is 30.3 Å². The molecule has 0 radical (unpaired) electrons. The molecule has 0 bridgehead atoms. The summed E-state index contributed by atoms with van der Waals surface area (Å²) >= 11 is 0. The molecule has 4 N–H and O–H groups in total. The number of benzene rings is 2. The molecular weight excluding hydrogens is 388 g/mol. The third kappa shape index (κ3) is 5.28. The van der Waals surface area contributed by atoms with Crippen LogP contribution in [0.4, 0.5) is 16.2 Å². The van der Waals surface area contributed by atoms with Gasteiger partial charge in [0.25, 0.3) is 0 Å². The van der Waals surface area contributed by atoms with Crippen LogP contribution in [0.15, 0.2) is 54.6 Å². The lowest BCUT2D eigenvalue weighted by molar-refractivity contribution is -0.123. The van der Waals surface area contributed by atoms with Gasteiger partial charge >= 0.3 is 6.03 Å². The Kier molecular flexibility index (Phi) is 6.77. The van der Waals surface area contributed by atoms with Gasteiger partial charge in [0.15, 0.2) is 0 Å². The van der Waals surface area contributed by atoms with E-state index in [1.165, 1.54) is 0 Å². The second-order valence-corrected chi connectivity index (χ2v) is 7.73. The smallest absolute Gasteiger partial charge is 0.323 e. The molecular formula is C22H27ClN4O2. The number of nitrogens with one attached hydrogen (secondary N) is 4. The summed E-state index contributed by atoms with van der Waals surface area (Å²) in [6, 6.07) is 16.6. The zero-order valence-corrected chi connectivity index (χ0v) is 17.1. The van der Waals surface area contributed by atoms with Crippen LogP contribution >= 0.6 is 12.4 Å². The van der Waals surface area contributed by atoms with Crippen molar-refractivity contribution in [2.45, 2.75) is 25.8 Å². The van der Waals surface area contributed by atoms with E-state index in [0.717, 1.165) is 43.6 Å². The number of carbonyl (C=O) groups excluding carboxylic acids is 2. The molecule has 6 nitrogen and oxygen atoms in total. The molecule has 4 rings (SSSR count). The van der Waals surface area contributed by atoms with Crippen molar-refractivity contribution in [2.24, 2.45) is 11.3 Å². The second kappa shape index (κ2) is 9.29. The highest BCUT2D eigenvalue weighted by atomic mass is 35.5. The summed E-state index contributed by atoms with van der Waals surface area (Å²) in [4.78, 5) is 24.6. The lowest BCUT2D eigenvalue weighted by atomic mass is 9.92. The molecule has 2 aromatic rings. The highest BCUT2D eigenvalue weighted by molar-refractivity contribution is 5.99. The van der Waals surface area contributed by atoms with Crippen LogP contribution in [-0.2, 0) is 11.3 Å². The van der Waals surface area contributed by atoms with Crippen molar-refractivity contribution in [1.29, 1.82) is 0 Å². The van der Waals surface area contributed by atoms with Gasteiger partial charge < -0.3 is 21.3 Å². The van der Waals surface area contributed by atoms with E-state index in [9.17, 15) is 9.59 Å². The van der Waals surface area contributed by atoms with Crippen molar-refractivity contribution in [1.82, 2.24) is 10.6 Å². The molecule has 2 aliphatic rings. The van der Waals surface area contributed by atoms with Crippen LogP contribution in [0.1, 0.15) is 24.8 Å². The summed E-state index contributed by atoms with van der Waals surface area (Å²) in [5.74, 6) is 0.314. The molecule has 0 aromatic heterocycles. The first-order valence-electron chi connectivity index (χ1n) is 9.85. The summed E-state index contributed by atoms with van der Waals surface area (Å²) in [6.07, 6.45) is 3.21. The highest BCUT2D eigenvalue weighted by Crippen LogP contribution is 2.58. The maximum absolute atomic E-state index is 12.5. The molecule has 2 aromatic carbocycles. The summed E-state index contributed by atoms with van der Waals surface area (Å²) in [6.45, 7) is 2.50. The Morgan fingerprint density at radius 1 is 0.966 bits per heavy atom. The monoisotopic (exact) mass is 414 g/mol. The Bertz CT molecular complexity index is 853. The van der Waals surface area contributed by atoms with Crippen molar-refractivity contribution < 1.29 is 9.59 Å². The van der Waals surface area contributed by atoms with Crippen LogP contribution in [0.3, 0.4) is 0 Å². The predicted molar refractivity (Wildman–Crippen MR) is 117 cm³/mol. The van der Waals surface area contributed by atoms with Crippen LogP contribution in [0, 0.1) is 11.3 Å². The lowest BCUT2D eigenvalue weighted by Gasteiger charge is -2.23. The predicted octanol–water partition coefficient (Wildman–Crippen LogP) is 3.76. The Hall–Kier alpha value is -2.57. The molecule has 1 saturated carbocycles. The first kappa shape index (κ1) is 21.1. The van der Waals surface area contributed by atoms with Crippen molar-refractivity contribution in [2.75, 3.05) is 23.7 Å². The Morgan fingerprint density at radius 2 is 1.66 bits per heavy atom. The topological polar surface area (TPSA) is 82.3 Å². The Balaban J connectivity index is 0.00000240. The van der Waals surface area contributed by atoms with Gasteiger partial charge in [-0.15, -0.1) is 12.4 Å². The summed E-state index contributed by atoms with van der Waals surface area (Å²) in [7, 11) is 0. The number of carbonyl (C=O) groups is 2. The third-order valence-electron chi connectivity index (χ3n) is 5.79. The minimum atomic E-state index is -0.293.